The summed E-state index contributed by atoms with van der Waals surface area (Å²) >= 11 is 0. The highest BCUT2D eigenvalue weighted by molar-refractivity contribution is 6.22. The maximum Gasteiger partial charge on any atom is 0.310 e. The topological polar surface area (TPSA) is 63.7 Å². The van der Waals surface area contributed by atoms with Crippen LogP contribution in [0.5, 0.6) is 5.75 Å². The van der Waals surface area contributed by atoms with E-state index in [9.17, 15) is 14.4 Å². The van der Waals surface area contributed by atoms with Crippen molar-refractivity contribution in [2.24, 2.45) is 23.7 Å². The van der Waals surface area contributed by atoms with Crippen LogP contribution >= 0.6 is 0 Å². The first-order valence-electron chi connectivity index (χ1n) is 7.97. The number of hydrogen-bond acceptors (Lipinski definition) is 4. The second kappa shape index (κ2) is 5.05. The SMILES string of the molecule is CCC(=O)Oc1ccc(N2C(=O)[C@@H]3[C@H](C2=O)[C@@H]2C=C[C@H]3C2)cc1. The molecule has 1 aromatic carbocycles. The molecule has 4 atom stereocenters. The molecule has 0 spiro atoms. The summed E-state index contributed by atoms with van der Waals surface area (Å²) in [5.74, 6) is -0.0900. The van der Waals surface area contributed by atoms with E-state index in [4.69, 9.17) is 4.74 Å². The fourth-order valence-electron chi connectivity index (χ4n) is 4.02. The maximum absolute atomic E-state index is 12.7. The van der Waals surface area contributed by atoms with E-state index in [-0.39, 0.29) is 41.5 Å². The number of benzene rings is 1. The Hall–Kier alpha value is -2.43. The van der Waals surface area contributed by atoms with E-state index in [0.717, 1.165) is 6.42 Å². The molecule has 23 heavy (non-hydrogen) atoms. The average Bonchev–Trinajstić information content (AvgIpc) is 3.23. The number of carbonyl (C=O) groups is 3. The Morgan fingerprint density at radius 3 is 2.17 bits per heavy atom. The van der Waals surface area contributed by atoms with Crippen LogP contribution in [-0.4, -0.2) is 17.8 Å². The van der Waals surface area contributed by atoms with Gasteiger partial charge in [-0.05, 0) is 42.5 Å². The molecular formula is C18H17NO4. The van der Waals surface area contributed by atoms with E-state index < -0.39 is 0 Å². The molecule has 2 fully saturated rings. The van der Waals surface area contributed by atoms with Crippen molar-refractivity contribution in [1.82, 2.24) is 0 Å². The molecule has 0 N–H and O–H groups in total. The van der Waals surface area contributed by atoms with Crippen molar-refractivity contribution < 1.29 is 19.1 Å². The lowest BCUT2D eigenvalue weighted by Gasteiger charge is -2.17. The van der Waals surface area contributed by atoms with Gasteiger partial charge in [-0.15, -0.1) is 0 Å². The molecule has 118 valence electrons. The minimum atomic E-state index is -0.316. The fraction of sp³-hybridized carbons (Fsp3) is 0.389. The minimum absolute atomic E-state index is 0.102. The molecule has 0 unspecified atom stereocenters. The van der Waals surface area contributed by atoms with Crippen molar-refractivity contribution in [1.29, 1.82) is 0 Å². The predicted octanol–water partition coefficient (Wildman–Crippen LogP) is 2.31. The summed E-state index contributed by atoms with van der Waals surface area (Å²) in [5.41, 5.74) is 0.546. The molecule has 1 heterocycles. The molecule has 1 aromatic rings. The van der Waals surface area contributed by atoms with Gasteiger partial charge in [0.25, 0.3) is 0 Å². The van der Waals surface area contributed by atoms with Crippen molar-refractivity contribution in [2.45, 2.75) is 19.8 Å². The van der Waals surface area contributed by atoms with E-state index in [1.54, 1.807) is 31.2 Å². The summed E-state index contributed by atoms with van der Waals surface area (Å²) in [5, 5.41) is 0. The summed E-state index contributed by atoms with van der Waals surface area (Å²) < 4.78 is 5.12. The molecule has 1 saturated heterocycles. The lowest BCUT2D eigenvalue weighted by atomic mass is 9.85. The zero-order valence-electron chi connectivity index (χ0n) is 12.8. The van der Waals surface area contributed by atoms with Crippen molar-refractivity contribution in [3.63, 3.8) is 0 Å². The first-order valence-corrected chi connectivity index (χ1v) is 7.97. The highest BCUT2D eigenvalue weighted by atomic mass is 16.5. The van der Waals surface area contributed by atoms with Crippen LogP contribution in [0.2, 0.25) is 0 Å². The zero-order chi connectivity index (χ0) is 16.1. The molecule has 4 rings (SSSR count). The summed E-state index contributed by atoms with van der Waals surface area (Å²) in [6.07, 6.45) is 5.37. The Morgan fingerprint density at radius 2 is 1.65 bits per heavy atom. The number of fused-ring (bicyclic) bond motifs is 5. The Balaban J connectivity index is 1.58. The van der Waals surface area contributed by atoms with Gasteiger partial charge in [0, 0.05) is 6.42 Å². The quantitative estimate of drug-likeness (QED) is 0.372. The number of allylic oxidation sites excluding steroid dienone is 2. The van der Waals surface area contributed by atoms with Gasteiger partial charge in [-0.25, -0.2) is 0 Å². The van der Waals surface area contributed by atoms with Crippen LogP contribution in [0.25, 0.3) is 0 Å². The number of anilines is 1. The van der Waals surface area contributed by atoms with Crippen LogP contribution in [0.4, 0.5) is 5.69 Å². The Labute approximate surface area is 133 Å². The highest BCUT2D eigenvalue weighted by Gasteiger charge is 2.59. The summed E-state index contributed by atoms with van der Waals surface area (Å²) in [6.45, 7) is 1.72. The molecule has 2 amide bonds. The average molecular weight is 311 g/mol. The number of carbonyl (C=O) groups excluding carboxylic acids is 3. The smallest absolute Gasteiger partial charge is 0.310 e. The summed E-state index contributed by atoms with van der Waals surface area (Å²) in [7, 11) is 0. The molecular weight excluding hydrogens is 294 g/mol. The summed E-state index contributed by atoms with van der Waals surface area (Å²) in [6, 6.07) is 6.55. The van der Waals surface area contributed by atoms with E-state index in [1.165, 1.54) is 4.90 Å². The molecule has 3 aliphatic rings. The van der Waals surface area contributed by atoms with Crippen LogP contribution in [0.1, 0.15) is 19.8 Å². The van der Waals surface area contributed by atoms with Gasteiger partial charge in [0.2, 0.25) is 11.8 Å². The Bertz CT molecular complexity index is 691. The van der Waals surface area contributed by atoms with Crippen LogP contribution < -0.4 is 9.64 Å². The van der Waals surface area contributed by atoms with E-state index in [2.05, 4.69) is 12.2 Å². The number of ether oxygens (including phenoxy) is 1. The van der Waals surface area contributed by atoms with Gasteiger partial charge in [-0.1, -0.05) is 19.1 Å². The zero-order valence-corrected chi connectivity index (χ0v) is 12.8. The lowest BCUT2D eigenvalue weighted by molar-refractivity contribution is -0.134. The second-order valence-electron chi connectivity index (χ2n) is 6.33. The maximum atomic E-state index is 12.7. The van der Waals surface area contributed by atoms with Crippen LogP contribution in [0.3, 0.4) is 0 Å². The van der Waals surface area contributed by atoms with Crippen LogP contribution in [0, 0.1) is 23.7 Å². The molecule has 0 radical (unpaired) electrons. The monoisotopic (exact) mass is 311 g/mol. The van der Waals surface area contributed by atoms with E-state index >= 15 is 0 Å². The molecule has 5 heteroatoms. The highest BCUT2D eigenvalue weighted by Crippen LogP contribution is 2.53. The third-order valence-corrected chi connectivity index (χ3v) is 5.09. The fourth-order valence-corrected chi connectivity index (χ4v) is 4.02. The van der Waals surface area contributed by atoms with Crippen LogP contribution in [0.15, 0.2) is 36.4 Å². The predicted molar refractivity (Wildman–Crippen MR) is 82.6 cm³/mol. The van der Waals surface area contributed by atoms with E-state index in [0.29, 0.717) is 17.9 Å². The number of imide groups is 1. The van der Waals surface area contributed by atoms with Gasteiger partial charge < -0.3 is 4.74 Å². The molecule has 1 saturated carbocycles. The van der Waals surface area contributed by atoms with E-state index in [1.807, 2.05) is 0 Å². The third-order valence-electron chi connectivity index (χ3n) is 5.09. The van der Waals surface area contributed by atoms with Gasteiger partial charge in [0.1, 0.15) is 5.75 Å². The third kappa shape index (κ3) is 2.03. The standard InChI is InChI=1S/C18H17NO4/c1-2-14(20)23-13-7-5-12(6-8-13)19-17(21)15-10-3-4-11(9-10)16(15)18(19)22/h3-8,10-11,15-16H,2,9H2,1H3/t10-,11+,15-,16+. The van der Waals surface area contributed by atoms with Crippen molar-refractivity contribution in [3.05, 3.63) is 36.4 Å². The first kappa shape index (κ1) is 14.2. The van der Waals surface area contributed by atoms with Gasteiger partial charge in [-0.3, -0.25) is 19.3 Å². The Kier molecular flexibility index (Phi) is 3.11. The molecule has 0 aromatic heterocycles. The Morgan fingerprint density at radius 1 is 1.09 bits per heavy atom. The van der Waals surface area contributed by atoms with Gasteiger partial charge >= 0.3 is 5.97 Å². The number of amides is 2. The lowest BCUT2D eigenvalue weighted by Crippen LogP contribution is -2.32. The van der Waals surface area contributed by atoms with Gasteiger partial charge in [0.05, 0.1) is 17.5 Å². The first-order chi connectivity index (χ1) is 11.1. The minimum Gasteiger partial charge on any atom is -0.427 e. The molecule has 2 bridgehead atoms. The number of hydrogen-bond donors (Lipinski definition) is 0. The van der Waals surface area contributed by atoms with Crippen molar-refractivity contribution in [3.8, 4) is 5.75 Å². The largest absolute Gasteiger partial charge is 0.427 e. The molecule has 2 aliphatic carbocycles. The summed E-state index contributed by atoms with van der Waals surface area (Å²) in [4.78, 5) is 38.0. The molecule has 1 aliphatic heterocycles. The number of esters is 1. The van der Waals surface area contributed by atoms with Crippen molar-refractivity contribution in [2.75, 3.05) is 4.90 Å². The van der Waals surface area contributed by atoms with Gasteiger partial charge in [0.15, 0.2) is 0 Å². The van der Waals surface area contributed by atoms with Gasteiger partial charge in [-0.2, -0.15) is 0 Å². The number of nitrogens with zero attached hydrogens (tertiary/aromatic N) is 1. The van der Waals surface area contributed by atoms with Crippen LogP contribution in [-0.2, 0) is 14.4 Å². The van der Waals surface area contributed by atoms with Crippen molar-refractivity contribution >= 4 is 23.5 Å². The second-order valence-corrected chi connectivity index (χ2v) is 6.33. The molecule has 5 nitrogen and oxygen atoms in total. The normalized spacial score (nSPS) is 30.9. The number of rotatable bonds is 3.